The first-order valence-electron chi connectivity index (χ1n) is 6.53. The van der Waals surface area contributed by atoms with Crippen LogP contribution in [0.15, 0.2) is 34.2 Å². The third kappa shape index (κ3) is 3.24. The van der Waals surface area contributed by atoms with Crippen molar-refractivity contribution in [2.75, 3.05) is 6.54 Å². The maximum Gasteiger partial charge on any atom is 0.330 e. The number of aryl methyl sites for hydroxylation is 2. The van der Waals surface area contributed by atoms with Crippen LogP contribution in [0.5, 0.6) is 0 Å². The maximum atomic E-state index is 11.9. The Hall–Kier alpha value is -2.15. The van der Waals surface area contributed by atoms with E-state index in [4.69, 9.17) is 0 Å². The van der Waals surface area contributed by atoms with E-state index in [2.05, 4.69) is 10.4 Å². The number of nitrogens with one attached hydrogen (secondary N) is 1. The van der Waals surface area contributed by atoms with Crippen LogP contribution in [-0.4, -0.2) is 25.5 Å². The molecular weight excluding hydrogens is 258 g/mol. The van der Waals surface area contributed by atoms with Crippen LogP contribution in [-0.2, 0) is 27.2 Å². The fourth-order valence-corrected chi connectivity index (χ4v) is 2.03. The normalized spacial score (nSPS) is 10.9. The van der Waals surface area contributed by atoms with Crippen LogP contribution >= 0.6 is 0 Å². The SMILES string of the molecule is Cn1cc(CNCCCn2cccn2)c(=O)n(C)c1=O. The van der Waals surface area contributed by atoms with E-state index in [1.54, 1.807) is 19.4 Å². The van der Waals surface area contributed by atoms with E-state index in [0.29, 0.717) is 12.1 Å². The predicted octanol–water partition coefficient (Wildman–Crippen LogP) is -0.540. The van der Waals surface area contributed by atoms with E-state index in [9.17, 15) is 9.59 Å². The average molecular weight is 277 g/mol. The summed E-state index contributed by atoms with van der Waals surface area (Å²) in [6, 6.07) is 1.89. The summed E-state index contributed by atoms with van der Waals surface area (Å²) in [6.45, 7) is 2.08. The van der Waals surface area contributed by atoms with Crippen LogP contribution in [0.2, 0.25) is 0 Å². The minimum atomic E-state index is -0.308. The van der Waals surface area contributed by atoms with Gasteiger partial charge in [-0.15, -0.1) is 0 Å². The van der Waals surface area contributed by atoms with Crippen LogP contribution in [0.25, 0.3) is 0 Å². The van der Waals surface area contributed by atoms with Gasteiger partial charge in [0.25, 0.3) is 5.56 Å². The Balaban J connectivity index is 1.85. The topological polar surface area (TPSA) is 73.8 Å². The molecule has 0 unspecified atom stereocenters. The molecule has 0 aromatic carbocycles. The van der Waals surface area contributed by atoms with Gasteiger partial charge >= 0.3 is 5.69 Å². The van der Waals surface area contributed by atoms with Crippen molar-refractivity contribution < 1.29 is 0 Å². The molecule has 0 bridgehead atoms. The highest BCUT2D eigenvalue weighted by atomic mass is 16.2. The van der Waals surface area contributed by atoms with Crippen LogP contribution in [0.3, 0.4) is 0 Å². The molecule has 0 atom stereocenters. The molecule has 2 heterocycles. The van der Waals surface area contributed by atoms with Crippen LogP contribution in [0, 0.1) is 0 Å². The summed E-state index contributed by atoms with van der Waals surface area (Å²) in [5, 5.41) is 7.33. The predicted molar refractivity (Wildman–Crippen MR) is 75.5 cm³/mol. The summed E-state index contributed by atoms with van der Waals surface area (Å²) in [4.78, 5) is 23.4. The Bertz CT molecular complexity index is 669. The zero-order valence-electron chi connectivity index (χ0n) is 11.7. The van der Waals surface area contributed by atoms with Gasteiger partial charge in [-0.3, -0.25) is 14.0 Å². The quantitative estimate of drug-likeness (QED) is 0.720. The van der Waals surface area contributed by atoms with E-state index < -0.39 is 0 Å². The molecule has 0 saturated carbocycles. The van der Waals surface area contributed by atoms with Crippen molar-refractivity contribution in [3.05, 3.63) is 51.1 Å². The standard InChI is InChI=1S/C13H19N5O2/c1-16-10-11(12(19)17(2)13(16)20)9-14-5-3-7-18-8-4-6-15-18/h4,6,8,10,14H,3,5,7,9H2,1-2H3. The second kappa shape index (κ2) is 6.33. The number of hydrogen-bond donors (Lipinski definition) is 1. The zero-order chi connectivity index (χ0) is 14.5. The monoisotopic (exact) mass is 277 g/mol. The van der Waals surface area contributed by atoms with Gasteiger partial charge in [-0.2, -0.15) is 5.10 Å². The van der Waals surface area contributed by atoms with Gasteiger partial charge in [0.05, 0.1) is 0 Å². The third-order valence-electron chi connectivity index (χ3n) is 3.13. The summed E-state index contributed by atoms with van der Waals surface area (Å²) in [5.74, 6) is 0. The van der Waals surface area contributed by atoms with Gasteiger partial charge in [0, 0.05) is 51.3 Å². The molecule has 108 valence electrons. The summed E-state index contributed by atoms with van der Waals surface area (Å²) >= 11 is 0. The number of aromatic nitrogens is 4. The highest BCUT2D eigenvalue weighted by molar-refractivity contribution is 5.05. The summed E-state index contributed by atoms with van der Waals surface area (Å²) in [5.41, 5.74) is 0.0406. The molecule has 2 aromatic rings. The Morgan fingerprint density at radius 2 is 2.10 bits per heavy atom. The van der Waals surface area contributed by atoms with Gasteiger partial charge in [-0.1, -0.05) is 0 Å². The molecule has 7 nitrogen and oxygen atoms in total. The van der Waals surface area contributed by atoms with Gasteiger partial charge in [-0.25, -0.2) is 4.79 Å². The molecule has 0 aliphatic rings. The molecular formula is C13H19N5O2. The molecule has 0 saturated heterocycles. The molecule has 0 radical (unpaired) electrons. The van der Waals surface area contributed by atoms with Crippen molar-refractivity contribution in [1.29, 1.82) is 0 Å². The Labute approximate surface area is 116 Å². The second-order valence-electron chi connectivity index (χ2n) is 4.71. The molecule has 0 amide bonds. The number of hydrogen-bond acceptors (Lipinski definition) is 4. The lowest BCUT2D eigenvalue weighted by Gasteiger charge is -2.08. The number of nitrogens with zero attached hydrogens (tertiary/aromatic N) is 4. The van der Waals surface area contributed by atoms with Gasteiger partial charge in [-0.05, 0) is 19.0 Å². The minimum absolute atomic E-state index is 0.243. The molecule has 20 heavy (non-hydrogen) atoms. The van der Waals surface area contributed by atoms with Crippen molar-refractivity contribution in [2.24, 2.45) is 14.1 Å². The first-order chi connectivity index (χ1) is 9.59. The van der Waals surface area contributed by atoms with Crippen molar-refractivity contribution in [3.63, 3.8) is 0 Å². The van der Waals surface area contributed by atoms with Gasteiger partial charge < -0.3 is 9.88 Å². The molecule has 0 spiro atoms. The largest absolute Gasteiger partial charge is 0.330 e. The molecule has 0 fully saturated rings. The molecule has 1 N–H and O–H groups in total. The second-order valence-corrected chi connectivity index (χ2v) is 4.71. The van der Waals surface area contributed by atoms with Gasteiger partial charge in [0.15, 0.2) is 0 Å². The molecule has 7 heteroatoms. The summed E-state index contributed by atoms with van der Waals surface area (Å²) < 4.78 is 4.41. The fourth-order valence-electron chi connectivity index (χ4n) is 2.03. The van der Waals surface area contributed by atoms with Crippen molar-refractivity contribution in [2.45, 2.75) is 19.5 Å². The van der Waals surface area contributed by atoms with E-state index in [1.807, 2.05) is 16.9 Å². The first kappa shape index (κ1) is 14.3. The smallest absolute Gasteiger partial charge is 0.312 e. The lowest BCUT2D eigenvalue weighted by molar-refractivity contribution is 0.539. The highest BCUT2D eigenvalue weighted by Crippen LogP contribution is 1.90. The lowest BCUT2D eigenvalue weighted by atomic mass is 10.3. The van der Waals surface area contributed by atoms with Crippen molar-refractivity contribution in [3.8, 4) is 0 Å². The van der Waals surface area contributed by atoms with E-state index >= 15 is 0 Å². The Kier molecular flexibility index (Phi) is 4.52. The lowest BCUT2D eigenvalue weighted by Crippen LogP contribution is -2.39. The Morgan fingerprint density at radius 1 is 1.30 bits per heavy atom. The van der Waals surface area contributed by atoms with Gasteiger partial charge in [0.1, 0.15) is 0 Å². The van der Waals surface area contributed by atoms with Crippen LogP contribution < -0.4 is 16.6 Å². The van der Waals surface area contributed by atoms with Crippen LogP contribution in [0.4, 0.5) is 0 Å². The third-order valence-corrected chi connectivity index (χ3v) is 3.13. The van der Waals surface area contributed by atoms with E-state index in [1.165, 1.54) is 11.6 Å². The zero-order valence-corrected chi connectivity index (χ0v) is 11.7. The van der Waals surface area contributed by atoms with E-state index in [0.717, 1.165) is 24.1 Å². The van der Waals surface area contributed by atoms with Crippen molar-refractivity contribution in [1.82, 2.24) is 24.2 Å². The maximum absolute atomic E-state index is 11.9. The first-order valence-corrected chi connectivity index (χ1v) is 6.53. The molecule has 2 aromatic heterocycles. The summed E-state index contributed by atoms with van der Waals surface area (Å²) in [7, 11) is 3.13. The van der Waals surface area contributed by atoms with Crippen molar-refractivity contribution >= 4 is 0 Å². The fraction of sp³-hybridized carbons (Fsp3) is 0.462. The minimum Gasteiger partial charge on any atom is -0.312 e. The molecule has 2 rings (SSSR count). The molecule has 0 aliphatic heterocycles. The summed E-state index contributed by atoms with van der Waals surface area (Å²) in [6.07, 6.45) is 6.18. The van der Waals surface area contributed by atoms with Crippen LogP contribution in [0.1, 0.15) is 12.0 Å². The Morgan fingerprint density at radius 3 is 2.80 bits per heavy atom. The average Bonchev–Trinajstić information content (AvgIpc) is 2.94. The van der Waals surface area contributed by atoms with Gasteiger partial charge in [0.2, 0.25) is 0 Å². The highest BCUT2D eigenvalue weighted by Gasteiger charge is 2.05. The molecule has 0 aliphatic carbocycles. The number of rotatable bonds is 6. The van der Waals surface area contributed by atoms with E-state index in [-0.39, 0.29) is 11.2 Å².